The molecule has 0 spiro atoms. The van der Waals surface area contributed by atoms with E-state index in [2.05, 4.69) is 252 Å². The minimum Gasteiger partial charge on any atom is -0.309 e. The summed E-state index contributed by atoms with van der Waals surface area (Å²) in [6.45, 7) is 0. The second kappa shape index (κ2) is 15.1. The van der Waals surface area contributed by atoms with Crippen LogP contribution in [0.4, 0.5) is 17.1 Å². The number of para-hydroxylation sites is 5. The van der Waals surface area contributed by atoms with Crippen molar-refractivity contribution in [2.45, 2.75) is 0 Å². The zero-order chi connectivity index (χ0) is 39.8. The molecule has 0 amide bonds. The first-order valence-electron chi connectivity index (χ1n) is 20.6. The highest BCUT2D eigenvalue weighted by atomic mass is 15.1. The summed E-state index contributed by atoms with van der Waals surface area (Å²) in [5.41, 5.74) is 16.3. The Bertz CT molecular complexity index is 3260. The van der Waals surface area contributed by atoms with Gasteiger partial charge in [-0.1, -0.05) is 194 Å². The van der Waals surface area contributed by atoms with E-state index >= 15 is 0 Å². The predicted octanol–water partition coefficient (Wildman–Crippen LogP) is 16.1. The minimum absolute atomic E-state index is 1.09. The van der Waals surface area contributed by atoms with Crippen molar-refractivity contribution in [1.82, 2.24) is 4.57 Å². The summed E-state index contributed by atoms with van der Waals surface area (Å²) in [5.74, 6) is 0. The highest BCUT2D eigenvalue weighted by Gasteiger charge is 2.23. The van der Waals surface area contributed by atoms with E-state index in [4.69, 9.17) is 0 Å². The van der Waals surface area contributed by atoms with E-state index in [0.717, 1.165) is 45.0 Å². The molecule has 0 atom stereocenters. The van der Waals surface area contributed by atoms with Gasteiger partial charge in [-0.05, 0) is 87.1 Å². The molecule has 11 aromatic rings. The van der Waals surface area contributed by atoms with Crippen LogP contribution in [0, 0.1) is 0 Å². The average molecular weight is 765 g/mol. The molecule has 0 saturated heterocycles. The monoisotopic (exact) mass is 764 g/mol. The van der Waals surface area contributed by atoms with Crippen LogP contribution in [0.1, 0.15) is 0 Å². The predicted molar refractivity (Wildman–Crippen MR) is 255 cm³/mol. The van der Waals surface area contributed by atoms with E-state index < -0.39 is 0 Å². The van der Waals surface area contributed by atoms with Crippen LogP contribution in [-0.2, 0) is 0 Å². The molecular formula is C58H40N2. The van der Waals surface area contributed by atoms with Crippen LogP contribution in [0.5, 0.6) is 0 Å². The van der Waals surface area contributed by atoms with Gasteiger partial charge in [0, 0.05) is 33.2 Å². The first-order valence-corrected chi connectivity index (χ1v) is 20.6. The van der Waals surface area contributed by atoms with Crippen molar-refractivity contribution in [2.75, 3.05) is 4.90 Å². The van der Waals surface area contributed by atoms with E-state index in [1.54, 1.807) is 0 Å². The van der Waals surface area contributed by atoms with Crippen LogP contribution in [0.25, 0.3) is 82.8 Å². The fourth-order valence-corrected chi connectivity index (χ4v) is 9.13. The van der Waals surface area contributed by atoms with Crippen LogP contribution >= 0.6 is 0 Å². The molecule has 2 nitrogen and oxygen atoms in total. The molecule has 0 aliphatic rings. The molecule has 0 fully saturated rings. The molecule has 2 heteroatoms. The van der Waals surface area contributed by atoms with Gasteiger partial charge in [-0.25, -0.2) is 0 Å². The molecule has 10 aromatic carbocycles. The number of benzene rings is 10. The van der Waals surface area contributed by atoms with Crippen molar-refractivity contribution >= 4 is 49.6 Å². The lowest BCUT2D eigenvalue weighted by atomic mass is 9.90. The molecule has 282 valence electrons. The molecule has 0 unspecified atom stereocenters. The van der Waals surface area contributed by atoms with Crippen molar-refractivity contribution in [3.63, 3.8) is 0 Å². The average Bonchev–Trinajstić information content (AvgIpc) is 3.67. The Morgan fingerprint density at radius 3 is 1.40 bits per heavy atom. The largest absolute Gasteiger partial charge is 0.309 e. The van der Waals surface area contributed by atoms with E-state index in [1.165, 1.54) is 54.8 Å². The smallest absolute Gasteiger partial charge is 0.0541 e. The van der Waals surface area contributed by atoms with Crippen LogP contribution < -0.4 is 4.90 Å². The van der Waals surface area contributed by atoms with Crippen molar-refractivity contribution in [1.29, 1.82) is 0 Å². The fraction of sp³-hybridized carbons (Fsp3) is 0. The molecule has 1 heterocycles. The molecule has 1 aromatic heterocycles. The van der Waals surface area contributed by atoms with E-state index in [1.807, 2.05) is 0 Å². The molecule has 0 bridgehead atoms. The number of nitrogens with zero attached hydrogens (tertiary/aromatic N) is 2. The summed E-state index contributed by atoms with van der Waals surface area (Å²) in [4.78, 5) is 2.44. The Labute approximate surface area is 350 Å². The third-order valence-electron chi connectivity index (χ3n) is 11.8. The summed E-state index contributed by atoms with van der Waals surface area (Å²) in [6.07, 6.45) is 0. The minimum atomic E-state index is 1.09. The van der Waals surface area contributed by atoms with Gasteiger partial charge in [0.25, 0.3) is 0 Å². The lowest BCUT2D eigenvalue weighted by Crippen LogP contribution is -2.12. The number of anilines is 3. The van der Waals surface area contributed by atoms with Crippen LogP contribution in [0.2, 0.25) is 0 Å². The Morgan fingerprint density at radius 2 is 0.733 bits per heavy atom. The zero-order valence-electron chi connectivity index (χ0n) is 33.0. The van der Waals surface area contributed by atoms with Gasteiger partial charge < -0.3 is 9.47 Å². The van der Waals surface area contributed by atoms with Crippen LogP contribution in [0.15, 0.2) is 243 Å². The number of hydrogen-bond acceptors (Lipinski definition) is 1. The second-order valence-electron chi connectivity index (χ2n) is 15.2. The third kappa shape index (κ3) is 6.06. The Kier molecular flexibility index (Phi) is 8.87. The lowest BCUT2D eigenvalue weighted by molar-refractivity contribution is 1.18. The summed E-state index contributed by atoms with van der Waals surface area (Å²) >= 11 is 0. The Morgan fingerprint density at radius 1 is 0.267 bits per heavy atom. The number of fused-ring (bicyclic) bond motifs is 4. The molecule has 0 aliphatic carbocycles. The highest BCUT2D eigenvalue weighted by molar-refractivity contribution is 6.10. The topological polar surface area (TPSA) is 8.17 Å². The SMILES string of the molecule is c1ccc(-c2cc(-c3ccccc3-n3c4ccccc4c4ccccc43)ccc2N(c2ccccc2)c2ccccc2-c2ccc(-c3ccccc3)c3ccccc23)cc1. The molecule has 0 aliphatic heterocycles. The van der Waals surface area contributed by atoms with Gasteiger partial charge >= 0.3 is 0 Å². The Balaban J connectivity index is 1.13. The second-order valence-corrected chi connectivity index (χ2v) is 15.2. The standard InChI is InChI=1S/C58H40N2/c1-4-20-41(21-5-1)45-37-38-49(48-28-11-10-27-47(45)48)50-29-13-17-33-55(50)59(44-24-8-3-9-25-44)58-39-36-43(40-53(58)42-22-6-2-7-23-42)46-26-12-16-32-54(46)60-56-34-18-14-30-51(56)52-31-15-19-35-57(52)60/h1-40H. The molecular weight excluding hydrogens is 725 g/mol. The van der Waals surface area contributed by atoms with Gasteiger partial charge in [-0.3, -0.25) is 0 Å². The van der Waals surface area contributed by atoms with Crippen LogP contribution in [0.3, 0.4) is 0 Å². The Hall–Kier alpha value is -7.94. The summed E-state index contributed by atoms with van der Waals surface area (Å²) < 4.78 is 2.43. The van der Waals surface area contributed by atoms with E-state index in [9.17, 15) is 0 Å². The fourth-order valence-electron chi connectivity index (χ4n) is 9.13. The van der Waals surface area contributed by atoms with E-state index in [0.29, 0.717) is 0 Å². The number of hydrogen-bond donors (Lipinski definition) is 0. The molecule has 11 rings (SSSR count). The molecule has 0 saturated carbocycles. The normalized spacial score (nSPS) is 11.3. The summed E-state index contributed by atoms with van der Waals surface area (Å²) in [6, 6.07) is 87.9. The number of rotatable bonds is 8. The van der Waals surface area contributed by atoms with Gasteiger partial charge in [0.05, 0.1) is 28.1 Å². The van der Waals surface area contributed by atoms with Crippen molar-refractivity contribution in [3.8, 4) is 50.2 Å². The molecule has 60 heavy (non-hydrogen) atoms. The van der Waals surface area contributed by atoms with Crippen molar-refractivity contribution in [2.24, 2.45) is 0 Å². The van der Waals surface area contributed by atoms with Crippen LogP contribution in [-0.4, -0.2) is 4.57 Å². The highest BCUT2D eigenvalue weighted by Crippen LogP contribution is 2.48. The zero-order valence-corrected chi connectivity index (χ0v) is 33.0. The molecule has 0 N–H and O–H groups in total. The van der Waals surface area contributed by atoms with Gasteiger partial charge in [0.15, 0.2) is 0 Å². The van der Waals surface area contributed by atoms with Gasteiger partial charge in [0.1, 0.15) is 0 Å². The maximum absolute atomic E-state index is 2.44. The quantitative estimate of drug-likeness (QED) is 0.150. The van der Waals surface area contributed by atoms with Crippen molar-refractivity contribution in [3.05, 3.63) is 243 Å². The summed E-state index contributed by atoms with van der Waals surface area (Å²) in [5, 5.41) is 4.96. The molecule has 0 radical (unpaired) electrons. The third-order valence-corrected chi connectivity index (χ3v) is 11.8. The lowest BCUT2D eigenvalue weighted by Gasteiger charge is -2.30. The van der Waals surface area contributed by atoms with Crippen molar-refractivity contribution < 1.29 is 0 Å². The first kappa shape index (κ1) is 35.2. The summed E-state index contributed by atoms with van der Waals surface area (Å²) in [7, 11) is 0. The maximum atomic E-state index is 2.44. The van der Waals surface area contributed by atoms with Gasteiger partial charge in [-0.2, -0.15) is 0 Å². The van der Waals surface area contributed by atoms with Gasteiger partial charge in [-0.15, -0.1) is 0 Å². The first-order chi connectivity index (χ1) is 29.8. The number of aromatic nitrogens is 1. The maximum Gasteiger partial charge on any atom is 0.0541 e. The van der Waals surface area contributed by atoms with Gasteiger partial charge in [0.2, 0.25) is 0 Å². The van der Waals surface area contributed by atoms with E-state index in [-0.39, 0.29) is 0 Å².